The lowest BCUT2D eigenvalue weighted by Crippen LogP contribution is -2.42. The number of aromatic nitrogens is 2. The highest BCUT2D eigenvalue weighted by Crippen LogP contribution is 2.14. The van der Waals surface area contributed by atoms with Crippen LogP contribution in [0.1, 0.15) is 38.9 Å². The second-order valence-corrected chi connectivity index (χ2v) is 7.30. The molecule has 0 unspecified atom stereocenters. The Kier molecular flexibility index (Phi) is 6.07. The Morgan fingerprint density at radius 3 is 2.09 bits per heavy atom. The van der Waals surface area contributed by atoms with Crippen molar-refractivity contribution in [3.63, 3.8) is 0 Å². The minimum atomic E-state index is -0.610. The van der Waals surface area contributed by atoms with Gasteiger partial charge < -0.3 is 0 Å². The summed E-state index contributed by atoms with van der Waals surface area (Å²) in [7, 11) is 0. The normalized spacial score (nSPS) is 10.7. The topological polar surface area (TPSA) is 93.1 Å². The zero-order valence-corrected chi connectivity index (χ0v) is 17.5. The molecule has 7 nitrogen and oxygen atoms in total. The number of hydrogen-bond acceptors (Lipinski definition) is 4. The van der Waals surface area contributed by atoms with E-state index in [1.165, 1.54) is 4.68 Å². The van der Waals surface area contributed by atoms with E-state index in [0.717, 1.165) is 17.5 Å². The van der Waals surface area contributed by atoms with Crippen LogP contribution in [0.2, 0.25) is 0 Å². The third-order valence-electron chi connectivity index (χ3n) is 5.17. The highest BCUT2D eigenvalue weighted by molar-refractivity contribution is 6.06. The maximum absolute atomic E-state index is 12.9. The van der Waals surface area contributed by atoms with Gasteiger partial charge in [0.2, 0.25) is 0 Å². The molecule has 4 rings (SSSR count). The van der Waals surface area contributed by atoms with Crippen LogP contribution in [0.25, 0.3) is 10.8 Å². The molecule has 160 valence electrons. The fraction of sp³-hybridized carbons (Fsp3) is 0.120. The molecule has 0 saturated heterocycles. The van der Waals surface area contributed by atoms with Crippen LogP contribution in [0.4, 0.5) is 0 Å². The van der Waals surface area contributed by atoms with Gasteiger partial charge in [0.05, 0.1) is 11.9 Å². The molecule has 0 saturated carbocycles. The molecule has 0 bridgehead atoms. The average molecular weight is 426 g/mol. The molecule has 0 aliphatic carbocycles. The molecule has 0 radical (unpaired) electrons. The minimum absolute atomic E-state index is 0.0535. The van der Waals surface area contributed by atoms with Crippen molar-refractivity contribution in [3.8, 4) is 0 Å². The van der Waals surface area contributed by atoms with Gasteiger partial charge >= 0.3 is 0 Å². The van der Waals surface area contributed by atoms with Crippen LogP contribution in [0.3, 0.4) is 0 Å². The Bertz CT molecular complexity index is 1330. The van der Waals surface area contributed by atoms with Crippen molar-refractivity contribution in [3.05, 3.63) is 112 Å². The molecule has 0 aliphatic rings. The number of nitrogens with zero attached hydrogens (tertiary/aromatic N) is 2. The number of amides is 2. The van der Waals surface area contributed by atoms with E-state index in [-0.39, 0.29) is 17.8 Å². The number of benzene rings is 3. The van der Waals surface area contributed by atoms with Crippen LogP contribution < -0.4 is 16.4 Å². The summed E-state index contributed by atoms with van der Waals surface area (Å²) < 4.78 is 1.26. The fourth-order valence-corrected chi connectivity index (χ4v) is 3.40. The average Bonchev–Trinajstić information content (AvgIpc) is 2.84. The maximum Gasteiger partial charge on any atom is 0.290 e. The van der Waals surface area contributed by atoms with E-state index >= 15 is 0 Å². The Morgan fingerprint density at radius 2 is 1.41 bits per heavy atom. The number of rotatable bonds is 5. The number of fused-ring (bicyclic) bond motifs is 1. The van der Waals surface area contributed by atoms with Crippen molar-refractivity contribution in [2.24, 2.45) is 0 Å². The summed E-state index contributed by atoms with van der Waals surface area (Å²) in [4.78, 5) is 38.2. The van der Waals surface area contributed by atoms with E-state index in [1.54, 1.807) is 36.4 Å². The third-order valence-corrected chi connectivity index (χ3v) is 5.17. The Morgan fingerprint density at radius 1 is 0.781 bits per heavy atom. The van der Waals surface area contributed by atoms with Crippen molar-refractivity contribution < 1.29 is 9.59 Å². The van der Waals surface area contributed by atoms with Gasteiger partial charge in [-0.1, -0.05) is 67.6 Å². The highest BCUT2D eigenvalue weighted by atomic mass is 16.2. The fourth-order valence-electron chi connectivity index (χ4n) is 3.40. The first-order valence-electron chi connectivity index (χ1n) is 10.3. The first kappa shape index (κ1) is 21.0. The molecule has 1 aromatic heterocycles. The molecule has 1 heterocycles. The predicted molar refractivity (Wildman–Crippen MR) is 122 cm³/mol. The van der Waals surface area contributed by atoms with Crippen molar-refractivity contribution in [1.29, 1.82) is 0 Å². The third kappa shape index (κ3) is 4.41. The van der Waals surface area contributed by atoms with Gasteiger partial charge in [-0.25, -0.2) is 4.68 Å². The summed E-state index contributed by atoms with van der Waals surface area (Å²) in [6.45, 7) is 2.25. The van der Waals surface area contributed by atoms with Gasteiger partial charge in [0, 0.05) is 10.9 Å². The minimum Gasteiger partial charge on any atom is -0.267 e. The molecule has 7 heteroatoms. The summed E-state index contributed by atoms with van der Waals surface area (Å²) in [5.41, 5.74) is 7.01. The Balaban J connectivity index is 1.60. The summed E-state index contributed by atoms with van der Waals surface area (Å²) in [5.74, 6) is -1.05. The number of carbonyl (C=O) groups excluding carboxylic acids is 2. The second kappa shape index (κ2) is 9.26. The summed E-state index contributed by atoms with van der Waals surface area (Å²) in [6, 6.07) is 23.3. The van der Waals surface area contributed by atoms with E-state index in [1.807, 2.05) is 49.4 Å². The van der Waals surface area contributed by atoms with Gasteiger partial charge in [0.15, 0.2) is 5.69 Å². The van der Waals surface area contributed by atoms with E-state index in [9.17, 15) is 14.4 Å². The van der Waals surface area contributed by atoms with Crippen LogP contribution in [0, 0.1) is 0 Å². The predicted octanol–water partition coefficient (Wildman–Crippen LogP) is 3.08. The smallest absolute Gasteiger partial charge is 0.267 e. The van der Waals surface area contributed by atoms with E-state index < -0.39 is 11.8 Å². The summed E-state index contributed by atoms with van der Waals surface area (Å²) in [5, 5.41) is 5.11. The largest absolute Gasteiger partial charge is 0.290 e. The second-order valence-electron chi connectivity index (χ2n) is 7.30. The van der Waals surface area contributed by atoms with E-state index in [4.69, 9.17) is 0 Å². The molecule has 0 spiro atoms. The van der Waals surface area contributed by atoms with Gasteiger partial charge in [-0.15, -0.1) is 0 Å². The Labute approximate surface area is 184 Å². The lowest BCUT2D eigenvalue weighted by molar-refractivity contribution is 0.0843. The molecular weight excluding hydrogens is 404 g/mol. The quantitative estimate of drug-likeness (QED) is 0.480. The maximum atomic E-state index is 12.9. The van der Waals surface area contributed by atoms with Crippen molar-refractivity contribution in [2.75, 3.05) is 0 Å². The number of hydrazine groups is 1. The summed E-state index contributed by atoms with van der Waals surface area (Å²) in [6.07, 6.45) is 0.871. The van der Waals surface area contributed by atoms with Crippen molar-refractivity contribution in [2.45, 2.75) is 19.9 Å². The number of nitrogens with one attached hydrogen (secondary N) is 2. The molecule has 2 N–H and O–H groups in total. The molecule has 2 amide bonds. The molecule has 0 aliphatic heterocycles. The van der Waals surface area contributed by atoms with Crippen LogP contribution in [-0.2, 0) is 13.0 Å². The monoisotopic (exact) mass is 426 g/mol. The van der Waals surface area contributed by atoms with Gasteiger partial charge in [-0.2, -0.15) is 5.10 Å². The standard InChI is InChI=1S/C25H22N4O3/c1-2-17-12-14-19(15-13-17)23(30)26-27-24(31)22-20-10-6-7-11-21(20)25(32)29(28-22)16-18-8-4-3-5-9-18/h3-15H,2,16H2,1H3,(H,26,30)(H,27,31). The van der Waals surface area contributed by atoms with Crippen LogP contribution in [0.5, 0.6) is 0 Å². The molecule has 0 atom stereocenters. The van der Waals surface area contributed by atoms with Crippen LogP contribution >= 0.6 is 0 Å². The Hall–Kier alpha value is -4.26. The van der Waals surface area contributed by atoms with Crippen LogP contribution in [0.15, 0.2) is 83.7 Å². The van der Waals surface area contributed by atoms with Gasteiger partial charge in [-0.3, -0.25) is 25.2 Å². The van der Waals surface area contributed by atoms with Gasteiger partial charge in [-0.05, 0) is 35.7 Å². The molecule has 4 aromatic rings. The molecule has 32 heavy (non-hydrogen) atoms. The first-order valence-corrected chi connectivity index (χ1v) is 10.3. The first-order chi connectivity index (χ1) is 15.6. The van der Waals surface area contributed by atoms with Crippen LogP contribution in [-0.4, -0.2) is 21.6 Å². The summed E-state index contributed by atoms with van der Waals surface area (Å²) >= 11 is 0. The number of carbonyl (C=O) groups is 2. The SMILES string of the molecule is CCc1ccc(C(=O)NNC(=O)c2nn(Cc3ccccc3)c(=O)c3ccccc23)cc1. The number of aryl methyl sites for hydroxylation is 1. The molecule has 0 fully saturated rings. The number of hydrogen-bond donors (Lipinski definition) is 2. The lowest BCUT2D eigenvalue weighted by atomic mass is 10.1. The zero-order chi connectivity index (χ0) is 22.5. The van der Waals surface area contributed by atoms with Gasteiger partial charge in [0.25, 0.3) is 17.4 Å². The van der Waals surface area contributed by atoms with Gasteiger partial charge in [0.1, 0.15) is 0 Å². The van der Waals surface area contributed by atoms with E-state index in [0.29, 0.717) is 16.3 Å². The molecular formula is C25H22N4O3. The zero-order valence-electron chi connectivity index (χ0n) is 17.5. The van der Waals surface area contributed by atoms with Crippen molar-refractivity contribution >= 4 is 22.6 Å². The van der Waals surface area contributed by atoms with E-state index in [2.05, 4.69) is 16.0 Å². The molecule has 3 aromatic carbocycles. The van der Waals surface area contributed by atoms with Crippen molar-refractivity contribution in [1.82, 2.24) is 20.6 Å². The lowest BCUT2D eigenvalue weighted by Gasteiger charge is -2.12. The highest BCUT2D eigenvalue weighted by Gasteiger charge is 2.17.